The van der Waals surface area contributed by atoms with E-state index in [1.54, 1.807) is 40.8 Å². The third-order valence-electron chi connectivity index (χ3n) is 6.96. The number of fused-ring (bicyclic) bond motifs is 3. The number of nitrogens with zero attached hydrogens (tertiary/aromatic N) is 3. The van der Waals surface area contributed by atoms with E-state index >= 15 is 0 Å². The molecule has 182 valence electrons. The van der Waals surface area contributed by atoms with Crippen LogP contribution in [0.3, 0.4) is 0 Å². The van der Waals surface area contributed by atoms with E-state index in [9.17, 15) is 14.7 Å². The third-order valence-corrected chi connectivity index (χ3v) is 8.29. The maximum atomic E-state index is 13.6. The number of aromatic amines is 1. The first-order valence-electron chi connectivity index (χ1n) is 12.1. The van der Waals surface area contributed by atoms with Gasteiger partial charge in [0, 0.05) is 34.9 Å². The molecular formula is C27H25N5O3S. The van der Waals surface area contributed by atoms with Gasteiger partial charge in [0.2, 0.25) is 0 Å². The van der Waals surface area contributed by atoms with E-state index < -0.39 is 0 Å². The molecule has 3 aromatic heterocycles. The SMILES string of the molecule is O=C1c2sc3c(c2CCN1c1cccc(-c2c[nH]c(=O)c(Nc4ccncn4)c2)c1CO)CCCC3. The predicted molar refractivity (Wildman–Crippen MR) is 140 cm³/mol. The van der Waals surface area contributed by atoms with Gasteiger partial charge < -0.3 is 20.3 Å². The zero-order chi connectivity index (χ0) is 24.6. The number of pyridine rings is 1. The molecule has 2 aliphatic rings. The van der Waals surface area contributed by atoms with E-state index in [0.29, 0.717) is 34.9 Å². The number of amides is 1. The first-order valence-corrected chi connectivity index (χ1v) is 12.9. The van der Waals surface area contributed by atoms with Crippen LogP contribution >= 0.6 is 11.3 Å². The maximum Gasteiger partial charge on any atom is 0.271 e. The monoisotopic (exact) mass is 499 g/mol. The number of hydrogen-bond acceptors (Lipinski definition) is 7. The Labute approximate surface area is 211 Å². The van der Waals surface area contributed by atoms with Crippen LogP contribution in [0.5, 0.6) is 0 Å². The third kappa shape index (κ3) is 3.90. The number of H-pyrrole nitrogens is 1. The number of carbonyl (C=O) groups is 1. The van der Waals surface area contributed by atoms with Crippen molar-refractivity contribution >= 4 is 34.4 Å². The summed E-state index contributed by atoms with van der Waals surface area (Å²) in [4.78, 5) is 40.9. The number of aliphatic hydroxyl groups excluding tert-OH is 1. The first-order chi connectivity index (χ1) is 17.6. The Morgan fingerprint density at radius 2 is 2.00 bits per heavy atom. The average Bonchev–Trinajstić information content (AvgIpc) is 3.30. The molecular weight excluding hydrogens is 474 g/mol. The van der Waals surface area contributed by atoms with E-state index in [1.807, 2.05) is 18.2 Å². The highest BCUT2D eigenvalue weighted by Gasteiger charge is 2.33. The van der Waals surface area contributed by atoms with Crippen LogP contribution in [0.1, 0.15) is 44.1 Å². The lowest BCUT2D eigenvalue weighted by atomic mass is 9.91. The number of anilines is 3. The fraction of sp³-hybridized carbons (Fsp3) is 0.259. The number of nitrogens with one attached hydrogen (secondary N) is 2. The summed E-state index contributed by atoms with van der Waals surface area (Å²) in [5.41, 5.74) is 5.49. The summed E-state index contributed by atoms with van der Waals surface area (Å²) in [5.74, 6) is 0.507. The van der Waals surface area contributed by atoms with Crippen LogP contribution in [-0.2, 0) is 25.9 Å². The van der Waals surface area contributed by atoms with Gasteiger partial charge >= 0.3 is 0 Å². The summed E-state index contributed by atoms with van der Waals surface area (Å²) in [5, 5.41) is 13.4. The molecule has 36 heavy (non-hydrogen) atoms. The molecule has 8 nitrogen and oxygen atoms in total. The Hall–Kier alpha value is -3.82. The minimum atomic E-state index is -0.292. The molecule has 0 atom stereocenters. The Balaban J connectivity index is 1.37. The highest BCUT2D eigenvalue weighted by Crippen LogP contribution is 2.40. The van der Waals surface area contributed by atoms with Crippen molar-refractivity contribution in [2.24, 2.45) is 0 Å². The molecule has 1 aromatic carbocycles. The lowest BCUT2D eigenvalue weighted by Crippen LogP contribution is -2.37. The van der Waals surface area contributed by atoms with Gasteiger partial charge in [-0.2, -0.15) is 0 Å². The van der Waals surface area contributed by atoms with E-state index in [4.69, 9.17) is 0 Å². The lowest BCUT2D eigenvalue weighted by molar-refractivity contribution is 0.0984. The fourth-order valence-electron chi connectivity index (χ4n) is 5.24. The van der Waals surface area contributed by atoms with Crippen molar-refractivity contribution < 1.29 is 9.90 Å². The van der Waals surface area contributed by atoms with E-state index in [2.05, 4.69) is 20.3 Å². The van der Waals surface area contributed by atoms with Crippen LogP contribution in [0.4, 0.5) is 17.2 Å². The van der Waals surface area contributed by atoms with Gasteiger partial charge in [0.25, 0.3) is 11.5 Å². The highest BCUT2D eigenvalue weighted by molar-refractivity contribution is 7.14. The zero-order valence-corrected chi connectivity index (χ0v) is 20.4. The summed E-state index contributed by atoms with van der Waals surface area (Å²) in [6, 6.07) is 9.06. The quantitative estimate of drug-likeness (QED) is 0.379. The molecule has 0 radical (unpaired) electrons. The lowest BCUT2D eigenvalue weighted by Gasteiger charge is -2.30. The van der Waals surface area contributed by atoms with Gasteiger partial charge in [0.15, 0.2) is 0 Å². The summed E-state index contributed by atoms with van der Waals surface area (Å²) in [6.07, 6.45) is 9.96. The van der Waals surface area contributed by atoms with Crippen molar-refractivity contribution in [3.63, 3.8) is 0 Å². The van der Waals surface area contributed by atoms with Crippen molar-refractivity contribution in [1.29, 1.82) is 0 Å². The van der Waals surface area contributed by atoms with Crippen LogP contribution in [0.15, 0.2) is 53.8 Å². The molecule has 3 N–H and O–H groups in total. The second-order valence-electron chi connectivity index (χ2n) is 9.04. The number of rotatable bonds is 5. The second-order valence-corrected chi connectivity index (χ2v) is 10.1. The van der Waals surface area contributed by atoms with Crippen molar-refractivity contribution in [1.82, 2.24) is 15.0 Å². The zero-order valence-electron chi connectivity index (χ0n) is 19.6. The minimum Gasteiger partial charge on any atom is -0.392 e. The summed E-state index contributed by atoms with van der Waals surface area (Å²) in [6.45, 7) is 0.342. The molecule has 9 heteroatoms. The molecule has 0 bridgehead atoms. The molecule has 1 amide bonds. The van der Waals surface area contributed by atoms with Crippen molar-refractivity contribution in [3.8, 4) is 11.1 Å². The van der Waals surface area contributed by atoms with Gasteiger partial charge in [-0.3, -0.25) is 9.59 Å². The van der Waals surface area contributed by atoms with Crippen LogP contribution < -0.4 is 15.8 Å². The molecule has 1 aliphatic heterocycles. The van der Waals surface area contributed by atoms with Gasteiger partial charge in [-0.1, -0.05) is 12.1 Å². The Bertz CT molecular complexity index is 1510. The number of benzene rings is 1. The second kappa shape index (κ2) is 9.33. The van der Waals surface area contributed by atoms with Crippen molar-refractivity contribution in [2.75, 3.05) is 16.8 Å². The number of aromatic nitrogens is 3. The van der Waals surface area contributed by atoms with Crippen LogP contribution in [0, 0.1) is 0 Å². The summed E-state index contributed by atoms with van der Waals surface area (Å²) in [7, 11) is 0. The van der Waals surface area contributed by atoms with Gasteiger partial charge in [-0.25, -0.2) is 9.97 Å². The molecule has 4 heterocycles. The normalized spacial score (nSPS) is 14.9. The Morgan fingerprint density at radius 3 is 2.83 bits per heavy atom. The maximum absolute atomic E-state index is 13.6. The molecule has 0 fully saturated rings. The molecule has 4 aromatic rings. The Morgan fingerprint density at radius 1 is 1.11 bits per heavy atom. The molecule has 0 unspecified atom stereocenters. The molecule has 6 rings (SSSR count). The van der Waals surface area contributed by atoms with Gasteiger partial charge in [0.05, 0.1) is 17.2 Å². The molecule has 0 saturated heterocycles. The van der Waals surface area contributed by atoms with Crippen LogP contribution in [0.2, 0.25) is 0 Å². The predicted octanol–water partition coefficient (Wildman–Crippen LogP) is 4.21. The molecule has 1 aliphatic carbocycles. The summed E-state index contributed by atoms with van der Waals surface area (Å²) >= 11 is 1.65. The average molecular weight is 500 g/mol. The Kier molecular flexibility index (Phi) is 5.86. The largest absolute Gasteiger partial charge is 0.392 e. The molecule has 0 saturated carbocycles. The number of aryl methyl sites for hydroxylation is 1. The number of aliphatic hydroxyl groups is 1. The van der Waals surface area contributed by atoms with Crippen LogP contribution in [0.25, 0.3) is 11.1 Å². The highest BCUT2D eigenvalue weighted by atomic mass is 32.1. The van der Waals surface area contributed by atoms with E-state index in [0.717, 1.165) is 29.7 Å². The summed E-state index contributed by atoms with van der Waals surface area (Å²) < 4.78 is 0. The standard InChI is InChI=1S/C27H25N5O3S/c33-14-20-17(16-12-21(26(34)29-13-16)31-24-8-10-28-15-30-24)5-3-6-22(20)32-11-9-19-18-4-1-2-7-23(18)36-25(19)27(32)35/h3,5-6,8,10,12-13,15,33H,1-2,4,7,9,11,14H2,(H,29,34)(H,28,30,31). The smallest absolute Gasteiger partial charge is 0.271 e. The number of thiophene rings is 1. The minimum absolute atomic E-state index is 0.00934. The first kappa shape index (κ1) is 22.6. The van der Waals surface area contributed by atoms with Crippen LogP contribution in [-0.4, -0.2) is 32.5 Å². The van der Waals surface area contributed by atoms with Gasteiger partial charge in [0.1, 0.15) is 17.8 Å². The molecule has 0 spiro atoms. The van der Waals surface area contributed by atoms with E-state index in [-0.39, 0.29) is 18.1 Å². The number of carbonyl (C=O) groups excluding carboxylic acids is 1. The van der Waals surface area contributed by atoms with Gasteiger partial charge in [-0.05, 0) is 67.0 Å². The van der Waals surface area contributed by atoms with Crippen molar-refractivity contribution in [3.05, 3.63) is 85.9 Å². The fourth-order valence-corrected chi connectivity index (χ4v) is 6.63. The number of hydrogen-bond donors (Lipinski definition) is 3. The van der Waals surface area contributed by atoms with Gasteiger partial charge in [-0.15, -0.1) is 11.3 Å². The van der Waals surface area contributed by atoms with Crippen molar-refractivity contribution in [2.45, 2.75) is 38.7 Å². The topological polar surface area (TPSA) is 111 Å². The van der Waals surface area contributed by atoms with E-state index in [1.165, 1.54) is 35.2 Å².